The SMILES string of the molecule is CC(C)[C@](C)(C#N)NC(=O)COC(=O)C12CC3CC(CC(C3)C1)C2. The van der Waals surface area contributed by atoms with Gasteiger partial charge in [-0.1, -0.05) is 13.8 Å². The predicted molar refractivity (Wildman–Crippen MR) is 88.6 cm³/mol. The number of hydrogen-bond donors (Lipinski definition) is 1. The number of amides is 1. The van der Waals surface area contributed by atoms with Crippen molar-refractivity contribution in [2.75, 3.05) is 6.61 Å². The average Bonchev–Trinajstić information content (AvgIpc) is 2.50. The Kier molecular flexibility index (Phi) is 4.36. The fourth-order valence-electron chi connectivity index (χ4n) is 5.27. The molecule has 0 unspecified atom stereocenters. The maximum atomic E-state index is 12.7. The molecule has 0 aromatic carbocycles. The third kappa shape index (κ3) is 3.03. The molecule has 5 nitrogen and oxygen atoms in total. The fraction of sp³-hybridized carbons (Fsp3) is 0.842. The number of hydrogen-bond acceptors (Lipinski definition) is 4. The number of esters is 1. The molecule has 4 bridgehead atoms. The summed E-state index contributed by atoms with van der Waals surface area (Å²) in [4.78, 5) is 24.8. The summed E-state index contributed by atoms with van der Waals surface area (Å²) in [6.45, 7) is 5.16. The van der Waals surface area contributed by atoms with Crippen LogP contribution in [0.4, 0.5) is 0 Å². The summed E-state index contributed by atoms with van der Waals surface area (Å²) in [5, 5.41) is 12.0. The van der Waals surface area contributed by atoms with Gasteiger partial charge in [0.05, 0.1) is 11.5 Å². The first-order valence-electron chi connectivity index (χ1n) is 9.16. The van der Waals surface area contributed by atoms with E-state index in [4.69, 9.17) is 4.74 Å². The molecule has 0 saturated heterocycles. The first kappa shape index (κ1) is 17.3. The van der Waals surface area contributed by atoms with E-state index in [1.165, 1.54) is 19.3 Å². The normalized spacial score (nSPS) is 36.0. The highest BCUT2D eigenvalue weighted by Gasteiger charge is 2.55. The lowest BCUT2D eigenvalue weighted by Crippen LogP contribution is -2.52. The van der Waals surface area contributed by atoms with Crippen LogP contribution in [0.1, 0.15) is 59.3 Å². The van der Waals surface area contributed by atoms with E-state index in [0.717, 1.165) is 19.3 Å². The van der Waals surface area contributed by atoms with Gasteiger partial charge >= 0.3 is 5.97 Å². The fourth-order valence-corrected chi connectivity index (χ4v) is 5.27. The Hall–Kier alpha value is -1.57. The largest absolute Gasteiger partial charge is 0.455 e. The van der Waals surface area contributed by atoms with Crippen molar-refractivity contribution in [3.8, 4) is 6.07 Å². The molecule has 0 radical (unpaired) electrons. The predicted octanol–water partition coefficient (Wildman–Crippen LogP) is 2.80. The molecule has 24 heavy (non-hydrogen) atoms. The second kappa shape index (κ2) is 6.06. The first-order valence-corrected chi connectivity index (χ1v) is 9.16. The maximum absolute atomic E-state index is 12.7. The number of rotatable bonds is 5. The first-order chi connectivity index (χ1) is 11.3. The summed E-state index contributed by atoms with van der Waals surface area (Å²) in [5.74, 6) is 1.39. The van der Waals surface area contributed by atoms with Gasteiger partial charge in [0.2, 0.25) is 0 Å². The quantitative estimate of drug-likeness (QED) is 0.785. The van der Waals surface area contributed by atoms with E-state index in [2.05, 4.69) is 11.4 Å². The van der Waals surface area contributed by atoms with Crippen molar-refractivity contribution in [1.29, 1.82) is 5.26 Å². The summed E-state index contributed by atoms with van der Waals surface area (Å²) < 4.78 is 5.40. The third-order valence-electron chi connectivity index (χ3n) is 6.59. The summed E-state index contributed by atoms with van der Waals surface area (Å²) >= 11 is 0. The number of carbonyl (C=O) groups excluding carboxylic acids is 2. The zero-order valence-corrected chi connectivity index (χ0v) is 14.9. The minimum atomic E-state index is -0.940. The molecule has 4 fully saturated rings. The smallest absolute Gasteiger partial charge is 0.312 e. The van der Waals surface area contributed by atoms with Gasteiger partial charge < -0.3 is 10.1 Å². The molecule has 1 amide bonds. The van der Waals surface area contributed by atoms with Crippen molar-refractivity contribution in [2.24, 2.45) is 29.1 Å². The van der Waals surface area contributed by atoms with Gasteiger partial charge in [-0.15, -0.1) is 0 Å². The molecule has 5 heteroatoms. The summed E-state index contributed by atoms with van der Waals surface area (Å²) in [5.41, 5.74) is -1.28. The van der Waals surface area contributed by atoms with E-state index in [1.807, 2.05) is 13.8 Å². The van der Waals surface area contributed by atoms with Gasteiger partial charge in [0.1, 0.15) is 5.54 Å². The van der Waals surface area contributed by atoms with E-state index in [0.29, 0.717) is 17.8 Å². The van der Waals surface area contributed by atoms with Crippen LogP contribution in [-0.4, -0.2) is 24.0 Å². The Balaban J connectivity index is 1.56. The summed E-state index contributed by atoms with van der Waals surface area (Å²) in [7, 11) is 0. The van der Waals surface area contributed by atoms with E-state index in [-0.39, 0.29) is 23.9 Å². The number of ether oxygens (including phenoxy) is 1. The van der Waals surface area contributed by atoms with Crippen LogP contribution in [0.15, 0.2) is 0 Å². The van der Waals surface area contributed by atoms with Crippen LogP contribution < -0.4 is 5.32 Å². The van der Waals surface area contributed by atoms with E-state index in [1.54, 1.807) is 6.92 Å². The van der Waals surface area contributed by atoms with Crippen LogP contribution in [0.5, 0.6) is 0 Å². The lowest BCUT2D eigenvalue weighted by Gasteiger charge is -2.55. The molecule has 0 aromatic rings. The number of nitrogens with one attached hydrogen (secondary N) is 1. The van der Waals surface area contributed by atoms with Crippen LogP contribution >= 0.6 is 0 Å². The average molecular weight is 332 g/mol. The third-order valence-corrected chi connectivity index (χ3v) is 6.59. The molecule has 0 aliphatic heterocycles. The molecule has 4 aliphatic carbocycles. The van der Waals surface area contributed by atoms with Crippen molar-refractivity contribution in [3.63, 3.8) is 0 Å². The highest BCUT2D eigenvalue weighted by molar-refractivity contribution is 5.83. The highest BCUT2D eigenvalue weighted by Crippen LogP contribution is 2.60. The molecule has 4 rings (SSSR count). The van der Waals surface area contributed by atoms with Crippen LogP contribution in [0.25, 0.3) is 0 Å². The molecular weight excluding hydrogens is 304 g/mol. The Morgan fingerprint density at radius 1 is 1.21 bits per heavy atom. The zero-order chi connectivity index (χ0) is 17.5. The molecule has 4 aliphatic rings. The Morgan fingerprint density at radius 2 is 1.71 bits per heavy atom. The lowest BCUT2D eigenvalue weighted by atomic mass is 9.49. The Labute approximate surface area is 144 Å². The van der Waals surface area contributed by atoms with Gasteiger partial charge in [-0.05, 0) is 69.1 Å². The van der Waals surface area contributed by atoms with E-state index < -0.39 is 11.4 Å². The highest BCUT2D eigenvalue weighted by atomic mass is 16.5. The molecule has 0 aromatic heterocycles. The summed E-state index contributed by atoms with van der Waals surface area (Å²) in [6, 6.07) is 2.13. The second-order valence-electron chi connectivity index (χ2n) is 8.79. The van der Waals surface area contributed by atoms with Gasteiger partial charge in [0.15, 0.2) is 6.61 Å². The van der Waals surface area contributed by atoms with E-state index >= 15 is 0 Å². The van der Waals surface area contributed by atoms with Crippen molar-refractivity contribution in [1.82, 2.24) is 5.32 Å². The van der Waals surface area contributed by atoms with Crippen molar-refractivity contribution in [3.05, 3.63) is 0 Å². The molecular formula is C19H28N2O3. The number of carbonyl (C=O) groups is 2. The topological polar surface area (TPSA) is 79.2 Å². The van der Waals surface area contributed by atoms with E-state index in [9.17, 15) is 14.9 Å². The van der Waals surface area contributed by atoms with Gasteiger partial charge in [0.25, 0.3) is 5.91 Å². The number of nitrogens with zero attached hydrogens (tertiary/aromatic N) is 1. The number of nitriles is 1. The Bertz CT molecular complexity index is 542. The minimum Gasteiger partial charge on any atom is -0.455 e. The van der Waals surface area contributed by atoms with Gasteiger partial charge in [-0.25, -0.2) is 0 Å². The molecule has 1 N–H and O–H groups in total. The molecule has 0 spiro atoms. The standard InChI is InChI=1S/C19H28N2O3/c1-12(2)18(3,11-20)21-16(22)10-24-17(23)19-7-13-4-14(8-19)6-15(5-13)9-19/h12-15H,4-10H2,1-3H3,(H,21,22)/t13?,14?,15?,18-,19?/m0/s1. The molecule has 0 heterocycles. The maximum Gasteiger partial charge on any atom is 0.312 e. The second-order valence-corrected chi connectivity index (χ2v) is 8.79. The monoisotopic (exact) mass is 332 g/mol. The molecule has 1 atom stereocenters. The van der Waals surface area contributed by atoms with Crippen molar-refractivity contribution in [2.45, 2.75) is 64.8 Å². The van der Waals surface area contributed by atoms with Crippen molar-refractivity contribution < 1.29 is 14.3 Å². The van der Waals surface area contributed by atoms with Gasteiger partial charge in [-0.2, -0.15) is 5.26 Å². The van der Waals surface area contributed by atoms with Crippen LogP contribution in [0, 0.1) is 40.4 Å². The lowest BCUT2D eigenvalue weighted by molar-refractivity contribution is -0.173. The summed E-state index contributed by atoms with van der Waals surface area (Å²) in [6.07, 6.45) is 6.59. The van der Waals surface area contributed by atoms with Gasteiger partial charge in [0, 0.05) is 0 Å². The Morgan fingerprint density at radius 3 is 2.12 bits per heavy atom. The zero-order valence-electron chi connectivity index (χ0n) is 14.9. The molecule has 4 saturated carbocycles. The van der Waals surface area contributed by atoms with Crippen molar-refractivity contribution >= 4 is 11.9 Å². The minimum absolute atomic E-state index is 0.0229. The van der Waals surface area contributed by atoms with Crippen LogP contribution in [-0.2, 0) is 14.3 Å². The molecule has 132 valence electrons. The van der Waals surface area contributed by atoms with Crippen LogP contribution in [0.2, 0.25) is 0 Å². The van der Waals surface area contributed by atoms with Crippen LogP contribution in [0.3, 0.4) is 0 Å². The van der Waals surface area contributed by atoms with Gasteiger partial charge in [-0.3, -0.25) is 9.59 Å².